The first-order valence-electron chi connectivity index (χ1n) is 7.03. The van der Waals surface area contributed by atoms with Crippen LogP contribution in [0.25, 0.3) is 0 Å². The van der Waals surface area contributed by atoms with Gasteiger partial charge in [0.2, 0.25) is 0 Å². The van der Waals surface area contributed by atoms with Crippen LogP contribution in [0.4, 0.5) is 0 Å². The minimum atomic E-state index is 0.157. The van der Waals surface area contributed by atoms with Crippen molar-refractivity contribution >= 4 is 0 Å². The number of hydrogen-bond donors (Lipinski definition) is 2. The van der Waals surface area contributed by atoms with Crippen LogP contribution in [0.1, 0.15) is 29.4 Å². The highest BCUT2D eigenvalue weighted by Gasteiger charge is 2.14. The zero-order valence-corrected chi connectivity index (χ0v) is 12.4. The lowest BCUT2D eigenvalue weighted by molar-refractivity contribution is 0.489. The Kier molecular flexibility index (Phi) is 4.87. The Balaban J connectivity index is 2.11. The van der Waals surface area contributed by atoms with E-state index < -0.39 is 0 Å². The summed E-state index contributed by atoms with van der Waals surface area (Å²) in [5.41, 5.74) is 6.81. The second-order valence-electron chi connectivity index (χ2n) is 5.19. The molecule has 2 rings (SSSR count). The van der Waals surface area contributed by atoms with Crippen LogP contribution >= 0.6 is 0 Å². The van der Waals surface area contributed by atoms with E-state index in [1.165, 1.54) is 16.7 Å². The van der Waals surface area contributed by atoms with Crippen LogP contribution in [0.2, 0.25) is 0 Å². The Labute approximate surface area is 120 Å². The summed E-state index contributed by atoms with van der Waals surface area (Å²) in [6, 6.07) is 6.68. The standard InChI is InChI=1S/C15H23N5/c1-4-20-15(17-10-18-20)9-14(19-16)8-13-7-11(2)5-6-12(13)3/h5-7,10,14,19H,4,8-9,16H2,1-3H3. The third-order valence-electron chi connectivity index (χ3n) is 3.63. The van der Waals surface area contributed by atoms with Crippen LogP contribution in [0.15, 0.2) is 24.5 Å². The van der Waals surface area contributed by atoms with Crippen molar-refractivity contribution in [2.75, 3.05) is 0 Å². The maximum atomic E-state index is 5.71. The van der Waals surface area contributed by atoms with Crippen LogP contribution in [0, 0.1) is 13.8 Å². The van der Waals surface area contributed by atoms with Crippen LogP contribution in [-0.4, -0.2) is 20.8 Å². The zero-order valence-electron chi connectivity index (χ0n) is 12.4. The van der Waals surface area contributed by atoms with Crippen molar-refractivity contribution in [1.82, 2.24) is 20.2 Å². The topological polar surface area (TPSA) is 68.8 Å². The number of hydrazine groups is 1. The number of hydrogen-bond acceptors (Lipinski definition) is 4. The summed E-state index contributed by atoms with van der Waals surface area (Å²) in [7, 11) is 0. The molecule has 0 saturated heterocycles. The van der Waals surface area contributed by atoms with Crippen molar-refractivity contribution in [1.29, 1.82) is 0 Å². The van der Waals surface area contributed by atoms with Gasteiger partial charge in [-0.2, -0.15) is 5.10 Å². The quantitative estimate of drug-likeness (QED) is 0.618. The molecule has 1 aromatic carbocycles. The summed E-state index contributed by atoms with van der Waals surface area (Å²) < 4.78 is 1.91. The summed E-state index contributed by atoms with van der Waals surface area (Å²) in [4.78, 5) is 4.31. The van der Waals surface area contributed by atoms with Gasteiger partial charge in [-0.15, -0.1) is 0 Å². The van der Waals surface area contributed by atoms with E-state index in [-0.39, 0.29) is 6.04 Å². The highest BCUT2D eigenvalue weighted by Crippen LogP contribution is 2.14. The lowest BCUT2D eigenvalue weighted by atomic mass is 9.97. The van der Waals surface area contributed by atoms with Gasteiger partial charge in [0, 0.05) is 19.0 Å². The van der Waals surface area contributed by atoms with Crippen molar-refractivity contribution in [2.24, 2.45) is 5.84 Å². The molecule has 108 valence electrons. The molecule has 0 aliphatic carbocycles. The SMILES string of the molecule is CCn1ncnc1CC(Cc1cc(C)ccc1C)NN. The van der Waals surface area contributed by atoms with Gasteiger partial charge in [-0.05, 0) is 38.3 Å². The van der Waals surface area contributed by atoms with E-state index in [0.29, 0.717) is 0 Å². The molecule has 0 bridgehead atoms. The Morgan fingerprint density at radius 3 is 2.80 bits per heavy atom. The predicted molar refractivity (Wildman–Crippen MR) is 80.1 cm³/mol. The molecule has 0 amide bonds. The number of nitrogens with zero attached hydrogens (tertiary/aromatic N) is 3. The van der Waals surface area contributed by atoms with Crippen LogP contribution in [-0.2, 0) is 19.4 Å². The molecule has 0 saturated carbocycles. The van der Waals surface area contributed by atoms with E-state index in [4.69, 9.17) is 5.84 Å². The molecule has 0 aliphatic heterocycles. The van der Waals surface area contributed by atoms with Crippen molar-refractivity contribution < 1.29 is 0 Å². The first-order chi connectivity index (χ1) is 9.63. The average molecular weight is 273 g/mol. The third-order valence-corrected chi connectivity index (χ3v) is 3.63. The van der Waals surface area contributed by atoms with Gasteiger partial charge in [0.05, 0.1) is 0 Å². The van der Waals surface area contributed by atoms with E-state index in [1.54, 1.807) is 6.33 Å². The van der Waals surface area contributed by atoms with Crippen molar-refractivity contribution in [3.05, 3.63) is 47.0 Å². The smallest absolute Gasteiger partial charge is 0.138 e. The maximum absolute atomic E-state index is 5.71. The Morgan fingerprint density at radius 2 is 2.10 bits per heavy atom. The summed E-state index contributed by atoms with van der Waals surface area (Å²) in [6.07, 6.45) is 3.27. The molecule has 5 heteroatoms. The van der Waals surface area contributed by atoms with E-state index in [2.05, 4.69) is 54.5 Å². The lowest BCUT2D eigenvalue weighted by Gasteiger charge is -2.17. The second kappa shape index (κ2) is 6.63. The number of aryl methyl sites for hydroxylation is 3. The van der Waals surface area contributed by atoms with E-state index >= 15 is 0 Å². The van der Waals surface area contributed by atoms with E-state index in [1.807, 2.05) is 4.68 Å². The molecule has 1 atom stereocenters. The number of nitrogens with one attached hydrogen (secondary N) is 1. The molecule has 1 heterocycles. The Morgan fingerprint density at radius 1 is 1.30 bits per heavy atom. The van der Waals surface area contributed by atoms with Gasteiger partial charge in [0.25, 0.3) is 0 Å². The molecular weight excluding hydrogens is 250 g/mol. The minimum absolute atomic E-state index is 0.157. The first-order valence-corrected chi connectivity index (χ1v) is 7.03. The van der Waals surface area contributed by atoms with Crippen LogP contribution < -0.4 is 11.3 Å². The van der Waals surface area contributed by atoms with Crippen molar-refractivity contribution in [2.45, 2.75) is 46.2 Å². The fourth-order valence-electron chi connectivity index (χ4n) is 2.41. The molecule has 1 aromatic heterocycles. The van der Waals surface area contributed by atoms with Crippen molar-refractivity contribution in [3.8, 4) is 0 Å². The largest absolute Gasteiger partial charge is 0.271 e. The van der Waals surface area contributed by atoms with Crippen molar-refractivity contribution in [3.63, 3.8) is 0 Å². The normalized spacial score (nSPS) is 12.6. The molecule has 2 aromatic rings. The van der Waals surface area contributed by atoms with Gasteiger partial charge >= 0.3 is 0 Å². The average Bonchev–Trinajstić information content (AvgIpc) is 2.89. The highest BCUT2D eigenvalue weighted by atomic mass is 15.3. The van der Waals surface area contributed by atoms with Crippen LogP contribution in [0.3, 0.4) is 0 Å². The number of rotatable bonds is 6. The number of aromatic nitrogens is 3. The van der Waals surface area contributed by atoms with Gasteiger partial charge in [0.1, 0.15) is 12.2 Å². The molecular formula is C15H23N5. The third kappa shape index (κ3) is 3.43. The molecule has 1 unspecified atom stereocenters. The highest BCUT2D eigenvalue weighted by molar-refractivity contribution is 5.31. The fourth-order valence-corrected chi connectivity index (χ4v) is 2.41. The second-order valence-corrected chi connectivity index (χ2v) is 5.19. The van der Waals surface area contributed by atoms with E-state index in [0.717, 1.165) is 25.2 Å². The summed E-state index contributed by atoms with van der Waals surface area (Å²) in [5.74, 6) is 6.68. The predicted octanol–water partition coefficient (Wildman–Crippen LogP) is 1.53. The molecule has 0 spiro atoms. The summed E-state index contributed by atoms with van der Waals surface area (Å²) in [5, 5.41) is 4.20. The van der Waals surface area contributed by atoms with Gasteiger partial charge in [-0.25, -0.2) is 4.98 Å². The summed E-state index contributed by atoms with van der Waals surface area (Å²) >= 11 is 0. The Hall–Kier alpha value is -1.72. The number of benzene rings is 1. The minimum Gasteiger partial charge on any atom is -0.271 e. The van der Waals surface area contributed by atoms with Gasteiger partial charge in [0.15, 0.2) is 0 Å². The van der Waals surface area contributed by atoms with Gasteiger partial charge in [-0.1, -0.05) is 23.8 Å². The molecule has 0 aliphatic rings. The molecule has 3 N–H and O–H groups in total. The zero-order chi connectivity index (χ0) is 14.5. The molecule has 0 radical (unpaired) electrons. The number of nitrogens with two attached hydrogens (primary N) is 1. The van der Waals surface area contributed by atoms with E-state index in [9.17, 15) is 0 Å². The maximum Gasteiger partial charge on any atom is 0.138 e. The first kappa shape index (κ1) is 14.7. The van der Waals surface area contributed by atoms with Gasteiger partial charge < -0.3 is 0 Å². The fraction of sp³-hybridized carbons (Fsp3) is 0.467. The van der Waals surface area contributed by atoms with Crippen LogP contribution in [0.5, 0.6) is 0 Å². The molecule has 5 nitrogen and oxygen atoms in total. The molecule has 20 heavy (non-hydrogen) atoms. The Bertz CT molecular complexity index is 561. The monoisotopic (exact) mass is 273 g/mol. The summed E-state index contributed by atoms with van der Waals surface area (Å²) in [6.45, 7) is 7.14. The van der Waals surface area contributed by atoms with Gasteiger partial charge in [-0.3, -0.25) is 16.0 Å². The molecule has 0 fully saturated rings. The lowest BCUT2D eigenvalue weighted by Crippen LogP contribution is -2.39.